The second kappa shape index (κ2) is 25.6. The molecule has 330 valence electrons. The summed E-state index contributed by atoms with van der Waals surface area (Å²) in [5.74, 6) is -0.472. The predicted octanol–water partition coefficient (Wildman–Crippen LogP) is -2.87. The first-order valence-corrected chi connectivity index (χ1v) is 19.7. The Balaban J connectivity index is 1.54. The zero-order valence-corrected chi connectivity index (χ0v) is 32.5. The monoisotopic (exact) mass is 823 g/mol. The molecule has 3 aliphatic rings. The van der Waals surface area contributed by atoms with Crippen molar-refractivity contribution < 1.29 is 89.4 Å². The average Bonchev–Trinajstić information content (AvgIpc) is 3.19. The topological polar surface area (TPSA) is 307 Å². The number of unbranched alkanes of at least 4 members (excludes halogenated alkanes) is 5. The van der Waals surface area contributed by atoms with Crippen LogP contribution in [0.15, 0.2) is 36.5 Å². The Morgan fingerprint density at radius 3 is 1.58 bits per heavy atom. The number of ether oxygens (including phenoxy) is 6. The van der Waals surface area contributed by atoms with Crippen molar-refractivity contribution in [2.75, 3.05) is 26.4 Å². The second-order valence-electron chi connectivity index (χ2n) is 14.5. The van der Waals surface area contributed by atoms with Crippen LogP contribution in [0.1, 0.15) is 65.2 Å². The van der Waals surface area contributed by atoms with Gasteiger partial charge in [0.1, 0.15) is 73.2 Å². The summed E-state index contributed by atoms with van der Waals surface area (Å²) in [7, 11) is 0. The van der Waals surface area contributed by atoms with Crippen molar-refractivity contribution in [1.82, 2.24) is 5.32 Å². The van der Waals surface area contributed by atoms with Gasteiger partial charge in [0.25, 0.3) is 0 Å². The molecule has 0 saturated carbocycles. The molecule has 0 bridgehead atoms. The summed E-state index contributed by atoms with van der Waals surface area (Å²) in [6.45, 7) is 0.605. The van der Waals surface area contributed by atoms with Crippen LogP contribution in [0.3, 0.4) is 0 Å². The third kappa shape index (κ3) is 14.6. The van der Waals surface area contributed by atoms with E-state index in [4.69, 9.17) is 28.4 Å². The van der Waals surface area contributed by atoms with Gasteiger partial charge in [0.15, 0.2) is 18.9 Å². The van der Waals surface area contributed by atoms with Gasteiger partial charge in [0.05, 0.1) is 38.6 Å². The normalized spacial score (nSPS) is 37.6. The summed E-state index contributed by atoms with van der Waals surface area (Å²) in [6.07, 6.45) is -6.95. The molecule has 0 aromatic rings. The molecular weight excluding hydrogens is 758 g/mol. The smallest absolute Gasteiger partial charge is 0.217 e. The minimum absolute atomic E-state index is 0.389. The molecule has 0 spiro atoms. The van der Waals surface area contributed by atoms with E-state index in [2.05, 4.69) is 36.5 Å². The van der Waals surface area contributed by atoms with Crippen molar-refractivity contribution in [1.29, 1.82) is 0 Å². The van der Waals surface area contributed by atoms with Gasteiger partial charge in [-0.1, -0.05) is 56.2 Å². The minimum atomic E-state index is -1.98. The van der Waals surface area contributed by atoms with Crippen molar-refractivity contribution in [2.45, 2.75) is 169 Å². The lowest BCUT2D eigenvalue weighted by atomic mass is 9.96. The van der Waals surface area contributed by atoms with Crippen LogP contribution < -0.4 is 5.32 Å². The first-order chi connectivity index (χ1) is 27.3. The summed E-state index contributed by atoms with van der Waals surface area (Å²) >= 11 is 0. The van der Waals surface area contributed by atoms with Crippen molar-refractivity contribution in [3.63, 3.8) is 0 Å². The van der Waals surface area contributed by atoms with Crippen LogP contribution in [0.25, 0.3) is 0 Å². The highest BCUT2D eigenvalue weighted by Gasteiger charge is 2.53. The molecule has 0 aliphatic carbocycles. The molecule has 0 aromatic heterocycles. The fourth-order valence-electron chi connectivity index (χ4n) is 6.60. The van der Waals surface area contributed by atoms with Crippen molar-refractivity contribution in [2.24, 2.45) is 0 Å². The van der Waals surface area contributed by atoms with Gasteiger partial charge in [-0.05, 0) is 38.5 Å². The number of amides is 1. The highest BCUT2D eigenvalue weighted by molar-refractivity contribution is 5.73. The Morgan fingerprint density at radius 2 is 1.07 bits per heavy atom. The first kappa shape index (κ1) is 49.4. The van der Waals surface area contributed by atoms with E-state index in [1.165, 1.54) is 32.3 Å². The SMILES string of the molecule is CCCCC/C=C/CC/C=C/CC/C=C/C(O)C(COC1OC(CO)C(OC2OC(CO)C(OC3OC(CO)C(O)C(O)C3O)C(O)C2O)C(O)C1O)NC(C)=O. The number of aliphatic hydroxyl groups excluding tert-OH is 11. The van der Waals surface area contributed by atoms with Crippen LogP contribution in [0.4, 0.5) is 0 Å². The maximum atomic E-state index is 11.9. The van der Waals surface area contributed by atoms with Gasteiger partial charge in [0, 0.05) is 6.92 Å². The van der Waals surface area contributed by atoms with Gasteiger partial charge in [0.2, 0.25) is 5.91 Å². The maximum Gasteiger partial charge on any atom is 0.217 e. The van der Waals surface area contributed by atoms with E-state index < -0.39 is 130 Å². The van der Waals surface area contributed by atoms with E-state index in [1.807, 2.05) is 0 Å². The molecule has 19 nitrogen and oxygen atoms in total. The van der Waals surface area contributed by atoms with Crippen LogP contribution in [-0.2, 0) is 33.2 Å². The molecule has 3 aliphatic heterocycles. The lowest BCUT2D eigenvalue weighted by Crippen LogP contribution is -2.66. The van der Waals surface area contributed by atoms with Crippen molar-refractivity contribution in [3.8, 4) is 0 Å². The number of allylic oxidation sites excluding steroid dienone is 5. The Hall–Kier alpha value is -1.99. The summed E-state index contributed by atoms with van der Waals surface area (Å²) in [5, 5.41) is 117. The third-order valence-corrected chi connectivity index (χ3v) is 9.95. The molecule has 57 heavy (non-hydrogen) atoms. The lowest BCUT2D eigenvalue weighted by Gasteiger charge is -2.48. The molecule has 0 aromatic carbocycles. The van der Waals surface area contributed by atoms with E-state index in [9.17, 15) is 61.0 Å². The molecule has 0 radical (unpaired) electrons. The first-order valence-electron chi connectivity index (χ1n) is 19.7. The van der Waals surface area contributed by atoms with Crippen LogP contribution in [0.2, 0.25) is 0 Å². The molecule has 19 heteroatoms. The second-order valence-corrected chi connectivity index (χ2v) is 14.5. The quantitative estimate of drug-likeness (QED) is 0.0364. The highest BCUT2D eigenvalue weighted by Crippen LogP contribution is 2.32. The van der Waals surface area contributed by atoms with E-state index in [1.54, 1.807) is 6.08 Å². The van der Waals surface area contributed by atoms with Crippen molar-refractivity contribution in [3.05, 3.63) is 36.5 Å². The molecule has 1 amide bonds. The zero-order valence-electron chi connectivity index (χ0n) is 32.5. The van der Waals surface area contributed by atoms with Gasteiger partial charge in [-0.2, -0.15) is 0 Å². The standard InChI is InChI=1S/C38H65NO18/c1-3-4-5-6-7-8-9-10-11-12-13-14-15-16-23(44)22(39-21(2)43)20-52-36-32(50)29(47)34(25(18-41)54-36)57-38-33(51)30(48)35(26(19-42)55-38)56-37-31(49)28(46)27(45)24(17-40)53-37/h7-8,11-12,15-16,22-38,40-42,44-51H,3-6,9-10,13-14,17-20H2,1-2H3,(H,39,43)/b8-7+,12-11+,16-15+. The van der Waals surface area contributed by atoms with E-state index in [0.29, 0.717) is 6.42 Å². The molecule has 17 atom stereocenters. The van der Waals surface area contributed by atoms with Gasteiger partial charge >= 0.3 is 0 Å². The summed E-state index contributed by atoms with van der Waals surface area (Å²) in [4.78, 5) is 11.9. The van der Waals surface area contributed by atoms with Crippen LogP contribution >= 0.6 is 0 Å². The average molecular weight is 824 g/mol. The Morgan fingerprint density at radius 1 is 0.614 bits per heavy atom. The highest BCUT2D eigenvalue weighted by atomic mass is 16.8. The number of hydrogen-bond donors (Lipinski definition) is 12. The van der Waals surface area contributed by atoms with Crippen LogP contribution in [0.5, 0.6) is 0 Å². The molecule has 17 unspecified atom stereocenters. The van der Waals surface area contributed by atoms with Gasteiger partial charge in [-0.3, -0.25) is 4.79 Å². The predicted molar refractivity (Wildman–Crippen MR) is 199 cm³/mol. The largest absolute Gasteiger partial charge is 0.394 e. The Labute approximate surface area is 332 Å². The van der Waals surface area contributed by atoms with E-state index in [0.717, 1.165) is 25.7 Å². The van der Waals surface area contributed by atoms with Gasteiger partial charge in [-0.15, -0.1) is 0 Å². The zero-order chi connectivity index (χ0) is 42.1. The number of carbonyl (C=O) groups is 1. The number of hydrogen-bond acceptors (Lipinski definition) is 18. The summed E-state index contributed by atoms with van der Waals surface area (Å²) in [6, 6.07) is -0.992. The maximum absolute atomic E-state index is 11.9. The summed E-state index contributed by atoms with van der Waals surface area (Å²) < 4.78 is 33.4. The molecule has 3 fully saturated rings. The van der Waals surface area contributed by atoms with Crippen molar-refractivity contribution >= 4 is 5.91 Å². The summed E-state index contributed by atoms with van der Waals surface area (Å²) in [5.41, 5.74) is 0. The molecule has 3 saturated heterocycles. The van der Waals surface area contributed by atoms with Crippen LogP contribution in [0, 0.1) is 0 Å². The lowest BCUT2D eigenvalue weighted by molar-refractivity contribution is -0.379. The van der Waals surface area contributed by atoms with E-state index in [-0.39, 0.29) is 6.61 Å². The number of nitrogens with one attached hydrogen (secondary N) is 1. The number of aliphatic hydroxyl groups is 11. The third-order valence-electron chi connectivity index (χ3n) is 9.95. The molecule has 12 N–H and O–H groups in total. The molecule has 3 heterocycles. The van der Waals surface area contributed by atoms with Gasteiger partial charge in [-0.25, -0.2) is 0 Å². The van der Waals surface area contributed by atoms with Gasteiger partial charge < -0.3 is 89.9 Å². The molecular formula is C38H65NO18. The van der Waals surface area contributed by atoms with E-state index >= 15 is 0 Å². The Kier molecular flexibility index (Phi) is 22.2. The number of carbonyl (C=O) groups excluding carboxylic acids is 1. The minimum Gasteiger partial charge on any atom is -0.394 e. The molecule has 3 rings (SSSR count). The fourth-order valence-corrected chi connectivity index (χ4v) is 6.60. The van der Waals surface area contributed by atoms with Crippen LogP contribution in [-0.4, -0.2) is 193 Å². The Bertz CT molecular complexity index is 1220. The number of rotatable bonds is 23. The fraction of sp³-hybridized carbons (Fsp3) is 0.816.